The number of rotatable bonds is 1. The molecule has 1 heterocycles. The van der Waals surface area contributed by atoms with E-state index >= 15 is 0 Å². The van der Waals surface area contributed by atoms with Crippen LogP contribution in [0.25, 0.3) is 0 Å². The first-order chi connectivity index (χ1) is 7.80. The molecule has 17 heavy (non-hydrogen) atoms. The van der Waals surface area contributed by atoms with Crippen LogP contribution in [0.3, 0.4) is 0 Å². The second kappa shape index (κ2) is 3.86. The highest BCUT2D eigenvalue weighted by atomic mass is 16.2. The Bertz CT molecular complexity index is 408. The van der Waals surface area contributed by atoms with Crippen LogP contribution in [0.2, 0.25) is 0 Å². The van der Waals surface area contributed by atoms with Gasteiger partial charge in [0.1, 0.15) is 0 Å². The van der Waals surface area contributed by atoms with E-state index in [4.69, 9.17) is 0 Å². The number of carbonyl (C=O) groups is 2. The Balaban J connectivity index is 2.43. The first kappa shape index (κ1) is 12.1. The normalized spacial score (nSPS) is 27.7. The van der Waals surface area contributed by atoms with E-state index in [1.807, 2.05) is 13.8 Å². The van der Waals surface area contributed by atoms with Crippen molar-refractivity contribution in [2.24, 2.45) is 11.3 Å². The number of allylic oxidation sites excluding steroid dienone is 1. The maximum absolute atomic E-state index is 12.2. The fourth-order valence-corrected chi connectivity index (χ4v) is 2.69. The van der Waals surface area contributed by atoms with Gasteiger partial charge in [0.05, 0.1) is 6.04 Å². The van der Waals surface area contributed by atoms with Gasteiger partial charge in [0.15, 0.2) is 5.78 Å². The van der Waals surface area contributed by atoms with E-state index < -0.39 is 0 Å². The van der Waals surface area contributed by atoms with Gasteiger partial charge in [0, 0.05) is 17.7 Å². The minimum absolute atomic E-state index is 0.0535. The van der Waals surface area contributed by atoms with Crippen LogP contribution in [0.4, 0.5) is 4.79 Å². The molecule has 0 radical (unpaired) electrons. The summed E-state index contributed by atoms with van der Waals surface area (Å²) >= 11 is 0. The Hall–Kier alpha value is -1.32. The summed E-state index contributed by atoms with van der Waals surface area (Å²) < 4.78 is 0. The van der Waals surface area contributed by atoms with Crippen LogP contribution in [0.1, 0.15) is 40.5 Å². The Morgan fingerprint density at radius 2 is 1.88 bits per heavy atom. The summed E-state index contributed by atoms with van der Waals surface area (Å²) in [5.74, 6) is 0.402. The van der Waals surface area contributed by atoms with Crippen molar-refractivity contribution in [2.45, 2.75) is 46.6 Å². The molecule has 2 aliphatic rings. The lowest BCUT2D eigenvalue weighted by Gasteiger charge is -2.39. The van der Waals surface area contributed by atoms with Gasteiger partial charge in [-0.05, 0) is 17.8 Å². The van der Waals surface area contributed by atoms with Crippen molar-refractivity contribution in [3.8, 4) is 0 Å². The lowest BCUT2D eigenvalue weighted by molar-refractivity contribution is -0.118. The van der Waals surface area contributed by atoms with Gasteiger partial charge in [0.25, 0.3) is 0 Å². The molecule has 1 aliphatic heterocycles. The summed E-state index contributed by atoms with van der Waals surface area (Å²) in [4.78, 5) is 23.8. The highest BCUT2D eigenvalue weighted by Crippen LogP contribution is 2.38. The molecule has 1 atom stereocenters. The molecular weight excluding hydrogens is 216 g/mol. The fraction of sp³-hybridized carbons (Fsp3) is 0.692. The largest absolute Gasteiger partial charge is 0.331 e. The van der Waals surface area contributed by atoms with E-state index in [0.717, 1.165) is 17.7 Å². The molecule has 0 aromatic carbocycles. The molecule has 0 aromatic heterocycles. The third kappa shape index (κ3) is 2.21. The van der Waals surface area contributed by atoms with Crippen LogP contribution in [-0.4, -0.2) is 17.9 Å². The van der Waals surface area contributed by atoms with E-state index in [9.17, 15) is 9.59 Å². The first-order valence-corrected chi connectivity index (χ1v) is 6.14. The van der Waals surface area contributed by atoms with Crippen LogP contribution in [-0.2, 0) is 4.79 Å². The van der Waals surface area contributed by atoms with Gasteiger partial charge < -0.3 is 10.6 Å². The van der Waals surface area contributed by atoms with E-state index in [1.54, 1.807) is 0 Å². The van der Waals surface area contributed by atoms with Crippen molar-refractivity contribution < 1.29 is 9.59 Å². The van der Waals surface area contributed by atoms with E-state index in [-0.39, 0.29) is 29.2 Å². The van der Waals surface area contributed by atoms with Crippen molar-refractivity contribution in [1.82, 2.24) is 10.6 Å². The molecule has 0 fully saturated rings. The minimum Gasteiger partial charge on any atom is -0.331 e. The number of Topliss-reactive ketones (excluding diaryl/α,β-unsaturated/α-hetero) is 1. The SMILES string of the molecule is CC(C)C1NC(=O)NC2=C1C(=O)CC(C)(C)C2. The molecule has 0 saturated heterocycles. The van der Waals surface area contributed by atoms with Crippen molar-refractivity contribution in [3.05, 3.63) is 11.3 Å². The maximum atomic E-state index is 12.2. The molecule has 1 aliphatic carbocycles. The average molecular weight is 236 g/mol. The average Bonchev–Trinajstić information content (AvgIpc) is 2.12. The Kier molecular flexibility index (Phi) is 2.76. The summed E-state index contributed by atoms with van der Waals surface area (Å²) in [7, 11) is 0. The molecule has 0 saturated carbocycles. The summed E-state index contributed by atoms with van der Waals surface area (Å²) in [6, 6.07) is -0.324. The number of urea groups is 1. The van der Waals surface area contributed by atoms with Crippen LogP contribution in [0.15, 0.2) is 11.3 Å². The van der Waals surface area contributed by atoms with Crippen molar-refractivity contribution >= 4 is 11.8 Å². The van der Waals surface area contributed by atoms with E-state index in [1.165, 1.54) is 0 Å². The molecule has 0 bridgehead atoms. The Morgan fingerprint density at radius 1 is 1.24 bits per heavy atom. The predicted molar refractivity (Wildman–Crippen MR) is 65.3 cm³/mol. The highest BCUT2D eigenvalue weighted by molar-refractivity contribution is 6.01. The van der Waals surface area contributed by atoms with Gasteiger partial charge in [-0.25, -0.2) is 4.79 Å². The summed E-state index contributed by atoms with van der Waals surface area (Å²) in [6.45, 7) is 8.17. The van der Waals surface area contributed by atoms with E-state index in [0.29, 0.717) is 6.42 Å². The molecule has 2 rings (SSSR count). The number of nitrogens with one attached hydrogen (secondary N) is 2. The summed E-state index contributed by atoms with van der Waals surface area (Å²) in [6.07, 6.45) is 1.33. The molecule has 4 nitrogen and oxygen atoms in total. The maximum Gasteiger partial charge on any atom is 0.319 e. The molecule has 0 spiro atoms. The zero-order chi connectivity index (χ0) is 12.8. The van der Waals surface area contributed by atoms with Gasteiger partial charge in [-0.1, -0.05) is 27.7 Å². The van der Waals surface area contributed by atoms with Crippen LogP contribution >= 0.6 is 0 Å². The lowest BCUT2D eigenvalue weighted by Crippen LogP contribution is -2.54. The molecule has 2 N–H and O–H groups in total. The fourth-order valence-electron chi connectivity index (χ4n) is 2.69. The molecule has 0 aromatic rings. The number of hydrogen-bond acceptors (Lipinski definition) is 2. The molecule has 94 valence electrons. The third-order valence-electron chi connectivity index (χ3n) is 3.45. The van der Waals surface area contributed by atoms with E-state index in [2.05, 4.69) is 24.5 Å². The van der Waals surface area contributed by atoms with Gasteiger partial charge >= 0.3 is 6.03 Å². The number of ketones is 1. The van der Waals surface area contributed by atoms with Crippen LogP contribution in [0.5, 0.6) is 0 Å². The minimum atomic E-state index is -0.187. The standard InChI is InChI=1S/C13H20N2O2/c1-7(2)11-10-8(14-12(17)15-11)5-13(3,4)6-9(10)16/h7,11H,5-6H2,1-4H3,(H2,14,15,17). The van der Waals surface area contributed by atoms with Crippen molar-refractivity contribution in [2.75, 3.05) is 0 Å². The number of carbonyl (C=O) groups excluding carboxylic acids is 2. The number of hydrogen-bond donors (Lipinski definition) is 2. The molecule has 1 unspecified atom stereocenters. The number of amides is 2. The Morgan fingerprint density at radius 3 is 2.47 bits per heavy atom. The second-order valence-corrected chi connectivity index (χ2v) is 6.15. The Labute approximate surface area is 102 Å². The summed E-state index contributed by atoms with van der Waals surface area (Å²) in [5, 5.41) is 5.64. The highest BCUT2D eigenvalue weighted by Gasteiger charge is 2.40. The van der Waals surface area contributed by atoms with Gasteiger partial charge in [-0.2, -0.15) is 0 Å². The molecular formula is C13H20N2O2. The zero-order valence-corrected chi connectivity index (χ0v) is 10.9. The van der Waals surface area contributed by atoms with Crippen molar-refractivity contribution in [3.63, 3.8) is 0 Å². The predicted octanol–water partition coefficient (Wildman–Crippen LogP) is 1.97. The monoisotopic (exact) mass is 236 g/mol. The summed E-state index contributed by atoms with van der Waals surface area (Å²) in [5.41, 5.74) is 1.56. The first-order valence-electron chi connectivity index (χ1n) is 6.14. The smallest absolute Gasteiger partial charge is 0.319 e. The zero-order valence-electron chi connectivity index (χ0n) is 10.9. The molecule has 4 heteroatoms. The van der Waals surface area contributed by atoms with Crippen molar-refractivity contribution in [1.29, 1.82) is 0 Å². The topological polar surface area (TPSA) is 58.2 Å². The van der Waals surface area contributed by atoms with Crippen LogP contribution < -0.4 is 10.6 Å². The van der Waals surface area contributed by atoms with Gasteiger partial charge in [-0.15, -0.1) is 0 Å². The van der Waals surface area contributed by atoms with Gasteiger partial charge in [0.2, 0.25) is 0 Å². The second-order valence-electron chi connectivity index (χ2n) is 6.15. The molecule has 2 amide bonds. The lowest BCUT2D eigenvalue weighted by atomic mass is 9.72. The van der Waals surface area contributed by atoms with Gasteiger partial charge in [-0.3, -0.25) is 4.79 Å². The quantitative estimate of drug-likeness (QED) is 0.731. The van der Waals surface area contributed by atoms with Crippen LogP contribution in [0, 0.1) is 11.3 Å². The third-order valence-corrected chi connectivity index (χ3v) is 3.45.